The van der Waals surface area contributed by atoms with E-state index >= 15 is 0 Å². The molecule has 0 saturated carbocycles. The molecule has 0 aliphatic rings. The van der Waals surface area contributed by atoms with Gasteiger partial charge in [-0.1, -0.05) is 65.5 Å². The van der Waals surface area contributed by atoms with E-state index < -0.39 is 56.9 Å². The number of anilines is 1. The summed E-state index contributed by atoms with van der Waals surface area (Å²) in [6.45, 7) is 5.67. The van der Waals surface area contributed by atoms with E-state index in [9.17, 15) is 31.2 Å². The van der Waals surface area contributed by atoms with Gasteiger partial charge in [0.15, 0.2) is 0 Å². The number of carbonyl (C=O) groups excluding carboxylic acids is 2. The maximum atomic E-state index is 14.0. The minimum Gasteiger partial charge on any atom is -0.352 e. The van der Waals surface area contributed by atoms with E-state index in [1.807, 2.05) is 6.92 Å². The summed E-state index contributed by atoms with van der Waals surface area (Å²) in [5.74, 6) is -1.39. The van der Waals surface area contributed by atoms with Crippen LogP contribution in [-0.2, 0) is 32.3 Å². The molecule has 2 atom stereocenters. The van der Waals surface area contributed by atoms with Crippen LogP contribution in [0.25, 0.3) is 0 Å². The summed E-state index contributed by atoms with van der Waals surface area (Å²) < 4.78 is 69.8. The van der Waals surface area contributed by atoms with Crippen LogP contribution in [0.15, 0.2) is 65.6 Å². The van der Waals surface area contributed by atoms with Crippen molar-refractivity contribution in [1.82, 2.24) is 10.2 Å². The number of nitrogens with one attached hydrogen (secondary N) is 1. The second-order valence-electron chi connectivity index (χ2n) is 10.2. The summed E-state index contributed by atoms with van der Waals surface area (Å²) in [5, 5.41) is 2.68. The molecular formula is C30H31Cl3F3N3O4S. The molecule has 0 bridgehead atoms. The number of halogens is 6. The van der Waals surface area contributed by atoms with Crippen molar-refractivity contribution in [3.63, 3.8) is 0 Å². The number of nitrogens with zero attached hydrogens (tertiary/aromatic N) is 2. The standard InChI is InChI=1S/C30H31Cl3F3N3O4S/c1-5-19(3)37-29(41)20(4)38(16-21-8-9-22(31)14-27(21)33)28(40)17-39(44(42,43)24-11-6-18(2)7-12-24)23-10-13-26(32)25(15-23)30(34,35)36/h6-15,19-20H,5,16-17H2,1-4H3,(H,37,41)/t19-,20+/m1/s1. The highest BCUT2D eigenvalue weighted by Gasteiger charge is 2.37. The van der Waals surface area contributed by atoms with Gasteiger partial charge in [0.05, 0.1) is 21.2 Å². The monoisotopic (exact) mass is 691 g/mol. The Labute approximate surface area is 269 Å². The molecule has 238 valence electrons. The van der Waals surface area contributed by atoms with Gasteiger partial charge < -0.3 is 10.2 Å². The molecule has 0 spiro atoms. The zero-order chi connectivity index (χ0) is 33.0. The minimum absolute atomic E-state index is 0.196. The first-order valence-electron chi connectivity index (χ1n) is 13.5. The Balaban J connectivity index is 2.14. The number of amides is 2. The van der Waals surface area contributed by atoms with Gasteiger partial charge in [0.1, 0.15) is 12.6 Å². The lowest BCUT2D eigenvalue weighted by atomic mass is 10.1. The lowest BCUT2D eigenvalue weighted by molar-refractivity contribution is -0.139. The summed E-state index contributed by atoms with van der Waals surface area (Å²) in [4.78, 5) is 28.0. The minimum atomic E-state index is -4.91. The zero-order valence-corrected chi connectivity index (χ0v) is 27.3. The normalized spacial score (nSPS) is 13.2. The van der Waals surface area contributed by atoms with E-state index in [0.29, 0.717) is 27.4 Å². The third-order valence-electron chi connectivity index (χ3n) is 6.96. The van der Waals surface area contributed by atoms with Crippen LogP contribution in [0.3, 0.4) is 0 Å². The number of aryl methyl sites for hydroxylation is 1. The quantitative estimate of drug-likeness (QED) is 0.226. The van der Waals surface area contributed by atoms with Gasteiger partial charge in [-0.3, -0.25) is 13.9 Å². The van der Waals surface area contributed by atoms with Crippen LogP contribution < -0.4 is 9.62 Å². The van der Waals surface area contributed by atoms with Gasteiger partial charge >= 0.3 is 6.18 Å². The van der Waals surface area contributed by atoms with E-state index in [2.05, 4.69) is 5.32 Å². The first kappa shape index (κ1) is 35.5. The van der Waals surface area contributed by atoms with Crippen molar-refractivity contribution in [2.75, 3.05) is 10.8 Å². The molecule has 44 heavy (non-hydrogen) atoms. The Morgan fingerprint density at radius 2 is 1.57 bits per heavy atom. The maximum absolute atomic E-state index is 14.0. The molecule has 3 aromatic carbocycles. The summed E-state index contributed by atoms with van der Waals surface area (Å²) in [6, 6.07) is 11.4. The van der Waals surface area contributed by atoms with Crippen LogP contribution in [0.2, 0.25) is 15.1 Å². The van der Waals surface area contributed by atoms with Crippen molar-refractivity contribution in [3.05, 3.63) is 92.4 Å². The van der Waals surface area contributed by atoms with E-state index in [1.165, 1.54) is 43.3 Å². The van der Waals surface area contributed by atoms with Crippen molar-refractivity contribution in [1.29, 1.82) is 0 Å². The first-order valence-corrected chi connectivity index (χ1v) is 16.0. The van der Waals surface area contributed by atoms with E-state index in [0.717, 1.165) is 22.6 Å². The third kappa shape index (κ3) is 8.59. The predicted molar refractivity (Wildman–Crippen MR) is 167 cm³/mol. The van der Waals surface area contributed by atoms with Crippen LogP contribution in [0.5, 0.6) is 0 Å². The van der Waals surface area contributed by atoms with Gasteiger partial charge in [-0.25, -0.2) is 8.42 Å². The molecular weight excluding hydrogens is 662 g/mol. The van der Waals surface area contributed by atoms with Crippen molar-refractivity contribution in [3.8, 4) is 0 Å². The summed E-state index contributed by atoms with van der Waals surface area (Å²) in [6.07, 6.45) is -4.30. The van der Waals surface area contributed by atoms with Crippen molar-refractivity contribution < 1.29 is 31.2 Å². The molecule has 0 radical (unpaired) electrons. The molecule has 0 aromatic heterocycles. The molecule has 0 unspecified atom stereocenters. The average molecular weight is 693 g/mol. The van der Waals surface area contributed by atoms with E-state index in [-0.39, 0.29) is 22.5 Å². The van der Waals surface area contributed by atoms with Crippen LogP contribution >= 0.6 is 34.8 Å². The maximum Gasteiger partial charge on any atom is 0.417 e. The SMILES string of the molecule is CC[C@@H](C)NC(=O)[C@H](C)N(Cc1ccc(Cl)cc1Cl)C(=O)CN(c1ccc(Cl)c(C(F)(F)F)c1)S(=O)(=O)c1ccc(C)cc1. The number of rotatable bonds is 11. The molecule has 0 heterocycles. The molecule has 0 fully saturated rings. The molecule has 14 heteroatoms. The van der Waals surface area contributed by atoms with E-state index in [1.54, 1.807) is 19.9 Å². The topological polar surface area (TPSA) is 86.8 Å². The molecule has 1 N–H and O–H groups in total. The number of benzene rings is 3. The highest BCUT2D eigenvalue weighted by atomic mass is 35.5. The van der Waals surface area contributed by atoms with Gasteiger partial charge in [0, 0.05) is 22.6 Å². The predicted octanol–water partition coefficient (Wildman–Crippen LogP) is 7.50. The Bertz CT molecular complexity index is 1620. The molecule has 0 aliphatic carbocycles. The highest BCUT2D eigenvalue weighted by molar-refractivity contribution is 7.92. The Morgan fingerprint density at radius 3 is 2.14 bits per heavy atom. The highest BCUT2D eigenvalue weighted by Crippen LogP contribution is 2.38. The molecule has 0 aliphatic heterocycles. The fourth-order valence-electron chi connectivity index (χ4n) is 4.13. The van der Waals surface area contributed by atoms with Gasteiger partial charge in [-0.05, 0) is 75.2 Å². The summed E-state index contributed by atoms with van der Waals surface area (Å²) in [7, 11) is -4.60. The van der Waals surface area contributed by atoms with Crippen LogP contribution in [0.1, 0.15) is 43.9 Å². The summed E-state index contributed by atoms with van der Waals surface area (Å²) in [5.41, 5.74) is -0.577. The lowest BCUT2D eigenvalue weighted by Gasteiger charge is -2.33. The molecule has 7 nitrogen and oxygen atoms in total. The average Bonchev–Trinajstić information content (AvgIpc) is 2.94. The van der Waals surface area contributed by atoms with Crippen LogP contribution in [0, 0.1) is 6.92 Å². The van der Waals surface area contributed by atoms with Crippen LogP contribution in [0.4, 0.5) is 18.9 Å². The third-order valence-corrected chi connectivity index (χ3v) is 9.66. The smallest absolute Gasteiger partial charge is 0.352 e. The summed E-state index contributed by atoms with van der Waals surface area (Å²) >= 11 is 18.2. The van der Waals surface area contributed by atoms with Crippen molar-refractivity contribution in [2.24, 2.45) is 0 Å². The molecule has 3 rings (SSSR count). The molecule has 3 aromatic rings. The van der Waals surface area contributed by atoms with Gasteiger partial charge in [0.25, 0.3) is 10.0 Å². The second kappa shape index (κ2) is 14.4. The number of hydrogen-bond donors (Lipinski definition) is 1. The zero-order valence-electron chi connectivity index (χ0n) is 24.3. The first-order chi connectivity index (χ1) is 20.4. The fraction of sp³-hybridized carbons (Fsp3) is 0.333. The molecule has 2 amide bonds. The van der Waals surface area contributed by atoms with Crippen molar-refractivity contribution in [2.45, 2.75) is 63.8 Å². The van der Waals surface area contributed by atoms with Crippen LogP contribution in [-0.4, -0.2) is 43.8 Å². The molecule has 0 saturated heterocycles. The Hall–Kier alpha value is -2.99. The largest absolute Gasteiger partial charge is 0.417 e. The Morgan fingerprint density at radius 1 is 0.932 bits per heavy atom. The van der Waals surface area contributed by atoms with Gasteiger partial charge in [0.2, 0.25) is 11.8 Å². The number of alkyl halides is 3. The van der Waals surface area contributed by atoms with Gasteiger partial charge in [-0.15, -0.1) is 0 Å². The fourth-order valence-corrected chi connectivity index (χ4v) is 6.23. The Kier molecular flexibility index (Phi) is 11.6. The lowest BCUT2D eigenvalue weighted by Crippen LogP contribution is -2.52. The second-order valence-corrected chi connectivity index (χ2v) is 13.4. The number of carbonyl (C=O) groups is 2. The van der Waals surface area contributed by atoms with Gasteiger partial charge in [-0.2, -0.15) is 13.2 Å². The van der Waals surface area contributed by atoms with E-state index in [4.69, 9.17) is 34.8 Å². The van der Waals surface area contributed by atoms with Crippen molar-refractivity contribution >= 4 is 62.3 Å². The number of hydrogen-bond acceptors (Lipinski definition) is 4. The number of sulfonamides is 1.